The molecule has 0 heterocycles. The number of rotatable bonds is 12. The minimum absolute atomic E-state index is 0.155. The number of ether oxygens (including phenoxy) is 2. The summed E-state index contributed by atoms with van der Waals surface area (Å²) >= 11 is 9.62. The third kappa shape index (κ3) is 7.22. The van der Waals surface area contributed by atoms with Gasteiger partial charge in [0, 0.05) is 23.1 Å². The molecule has 0 aromatic heterocycles. The summed E-state index contributed by atoms with van der Waals surface area (Å²) in [4.78, 5) is 0. The van der Waals surface area contributed by atoms with E-state index in [2.05, 4.69) is 26.6 Å². The molecule has 2 aromatic carbocycles. The van der Waals surface area contributed by atoms with Crippen molar-refractivity contribution in [2.24, 2.45) is 0 Å². The summed E-state index contributed by atoms with van der Waals surface area (Å²) in [6.45, 7) is 3.38. The highest BCUT2D eigenvalue weighted by molar-refractivity contribution is 9.10. The maximum Gasteiger partial charge on any atom is 0.162 e. The van der Waals surface area contributed by atoms with Gasteiger partial charge >= 0.3 is 0 Å². The van der Waals surface area contributed by atoms with Gasteiger partial charge in [-0.2, -0.15) is 0 Å². The second kappa shape index (κ2) is 12.2. The molecule has 0 radical (unpaired) electrons. The van der Waals surface area contributed by atoms with Gasteiger partial charge in [-0.25, -0.2) is 4.39 Å². The normalized spacial score (nSPS) is 10.9. The van der Waals surface area contributed by atoms with Gasteiger partial charge in [0.15, 0.2) is 11.5 Å². The molecule has 0 aliphatic rings. The van der Waals surface area contributed by atoms with E-state index in [1.54, 1.807) is 13.2 Å². The van der Waals surface area contributed by atoms with Gasteiger partial charge in [-0.05, 0) is 49.3 Å². The predicted octanol–water partition coefficient (Wildman–Crippen LogP) is 3.89. The molecule has 0 fully saturated rings. The van der Waals surface area contributed by atoms with Crippen molar-refractivity contribution in [2.45, 2.75) is 19.6 Å². The number of hydrogen-bond acceptors (Lipinski definition) is 5. The molecule has 0 bridgehead atoms. The van der Waals surface area contributed by atoms with Crippen LogP contribution in [0.15, 0.2) is 34.8 Å². The number of hydrogen-bond donors (Lipinski definition) is 3. The number of methoxy groups -OCH3 is 1. The number of aliphatic hydroxyl groups is 1. The van der Waals surface area contributed by atoms with Gasteiger partial charge in [0.1, 0.15) is 12.4 Å². The molecule has 2 aromatic rings. The van der Waals surface area contributed by atoms with Crippen LogP contribution in [0.25, 0.3) is 0 Å². The van der Waals surface area contributed by atoms with Gasteiger partial charge in [-0.3, -0.25) is 0 Å². The van der Waals surface area contributed by atoms with Crippen LogP contribution >= 0.6 is 27.5 Å². The molecule has 154 valence electrons. The second-order valence-corrected chi connectivity index (χ2v) is 7.38. The van der Waals surface area contributed by atoms with Gasteiger partial charge < -0.3 is 25.2 Å². The van der Waals surface area contributed by atoms with E-state index >= 15 is 0 Å². The van der Waals surface area contributed by atoms with E-state index in [9.17, 15) is 4.39 Å². The molecule has 0 atom stereocenters. The van der Waals surface area contributed by atoms with E-state index in [0.29, 0.717) is 35.2 Å². The predicted molar refractivity (Wildman–Crippen MR) is 113 cm³/mol. The number of aliphatic hydroxyl groups excluding tert-OH is 1. The molecule has 3 N–H and O–H groups in total. The zero-order valence-corrected chi connectivity index (χ0v) is 18.1. The molecular formula is C20H25BrClFN2O3. The summed E-state index contributed by atoms with van der Waals surface area (Å²) in [6.07, 6.45) is 0.967. The summed E-state index contributed by atoms with van der Waals surface area (Å²) in [7, 11) is 1.59. The molecule has 0 saturated carbocycles. The first kappa shape index (κ1) is 22.9. The van der Waals surface area contributed by atoms with E-state index < -0.39 is 0 Å². The Hall–Kier alpha value is -1.38. The highest BCUT2D eigenvalue weighted by atomic mass is 79.9. The van der Waals surface area contributed by atoms with Crippen molar-refractivity contribution in [3.05, 3.63) is 56.8 Å². The fourth-order valence-corrected chi connectivity index (χ4v) is 3.23. The van der Waals surface area contributed by atoms with Crippen molar-refractivity contribution < 1.29 is 19.0 Å². The summed E-state index contributed by atoms with van der Waals surface area (Å²) in [6, 6.07) is 8.00. The minimum Gasteiger partial charge on any atom is -0.493 e. The van der Waals surface area contributed by atoms with Crippen LogP contribution < -0.4 is 20.1 Å². The maximum absolute atomic E-state index is 13.2. The first-order valence-corrected chi connectivity index (χ1v) is 10.2. The van der Waals surface area contributed by atoms with Gasteiger partial charge in [0.25, 0.3) is 0 Å². The molecule has 28 heavy (non-hydrogen) atoms. The average Bonchev–Trinajstić information content (AvgIpc) is 2.67. The zero-order valence-electron chi connectivity index (χ0n) is 15.7. The van der Waals surface area contributed by atoms with E-state index in [1.807, 2.05) is 12.1 Å². The summed E-state index contributed by atoms with van der Waals surface area (Å²) in [5, 5.41) is 15.6. The number of benzene rings is 2. The first-order valence-electron chi connectivity index (χ1n) is 9.00. The lowest BCUT2D eigenvalue weighted by Crippen LogP contribution is -2.24. The molecule has 0 saturated heterocycles. The van der Waals surface area contributed by atoms with Crippen LogP contribution in [-0.2, 0) is 13.2 Å². The Morgan fingerprint density at radius 1 is 1.07 bits per heavy atom. The van der Waals surface area contributed by atoms with Gasteiger partial charge in [0.05, 0.1) is 18.7 Å². The smallest absolute Gasteiger partial charge is 0.162 e. The lowest BCUT2D eigenvalue weighted by molar-refractivity contribution is 0.284. The molecule has 5 nitrogen and oxygen atoms in total. The summed E-state index contributed by atoms with van der Waals surface area (Å²) in [5.74, 6) is 0.810. The van der Waals surface area contributed by atoms with Crippen LogP contribution in [0.5, 0.6) is 11.5 Å². The Bertz CT molecular complexity index is 764. The fraction of sp³-hybridized carbons (Fsp3) is 0.400. The molecule has 0 unspecified atom stereocenters. The van der Waals surface area contributed by atoms with Crippen molar-refractivity contribution in [3.63, 3.8) is 0 Å². The fourth-order valence-electron chi connectivity index (χ4n) is 2.54. The van der Waals surface area contributed by atoms with Gasteiger partial charge in [0.2, 0.25) is 0 Å². The first-order chi connectivity index (χ1) is 13.5. The summed E-state index contributed by atoms with van der Waals surface area (Å²) in [5.41, 5.74) is 1.74. The number of nitrogens with one attached hydrogen (secondary N) is 2. The molecule has 0 aliphatic heterocycles. The van der Waals surface area contributed by atoms with Crippen LogP contribution in [0.4, 0.5) is 4.39 Å². The summed E-state index contributed by atoms with van der Waals surface area (Å²) < 4.78 is 25.4. The average molecular weight is 476 g/mol. The monoisotopic (exact) mass is 474 g/mol. The van der Waals surface area contributed by atoms with Crippen molar-refractivity contribution in [3.8, 4) is 11.5 Å². The van der Waals surface area contributed by atoms with Crippen LogP contribution in [0.3, 0.4) is 0 Å². The zero-order chi connectivity index (χ0) is 20.4. The molecule has 2 rings (SSSR count). The Balaban J connectivity index is 1.92. The van der Waals surface area contributed by atoms with Crippen molar-refractivity contribution in [2.75, 3.05) is 33.4 Å². The van der Waals surface area contributed by atoms with Gasteiger partial charge in [-0.15, -0.1) is 0 Å². The topological polar surface area (TPSA) is 62.8 Å². The van der Waals surface area contributed by atoms with Crippen molar-refractivity contribution in [1.29, 1.82) is 0 Å². The second-order valence-electron chi connectivity index (χ2n) is 6.12. The molecule has 0 amide bonds. The van der Waals surface area contributed by atoms with E-state index in [-0.39, 0.29) is 19.0 Å². The SMILES string of the molecule is COc1cc(CNCCCNCCO)c(Br)cc1OCc1ccc(F)cc1Cl. The van der Waals surface area contributed by atoms with E-state index in [4.69, 9.17) is 26.2 Å². The quantitative estimate of drug-likeness (QED) is 0.407. The van der Waals surface area contributed by atoms with Crippen LogP contribution in [-0.4, -0.2) is 38.5 Å². The van der Waals surface area contributed by atoms with E-state index in [1.165, 1.54) is 12.1 Å². The number of halogens is 3. The maximum atomic E-state index is 13.2. The minimum atomic E-state index is -0.380. The molecular weight excluding hydrogens is 451 g/mol. The van der Waals surface area contributed by atoms with Crippen molar-refractivity contribution in [1.82, 2.24) is 10.6 Å². The third-order valence-electron chi connectivity index (χ3n) is 4.04. The molecule has 8 heteroatoms. The third-order valence-corrected chi connectivity index (χ3v) is 5.13. The Morgan fingerprint density at radius 2 is 1.86 bits per heavy atom. The lowest BCUT2D eigenvalue weighted by atomic mass is 10.2. The standard InChI is InChI=1S/C20H25BrClFN2O3/c1-27-19-9-15(12-25-6-2-5-24-7-8-26)17(21)11-20(19)28-13-14-3-4-16(23)10-18(14)22/h3-4,9-11,24-26H,2,5-8,12-13H2,1H3. The molecule has 0 aliphatic carbocycles. The van der Waals surface area contributed by atoms with Crippen LogP contribution in [0, 0.1) is 5.82 Å². The van der Waals surface area contributed by atoms with Crippen LogP contribution in [0.1, 0.15) is 17.5 Å². The lowest BCUT2D eigenvalue weighted by Gasteiger charge is -2.15. The Labute approximate surface area is 178 Å². The molecule has 0 spiro atoms. The highest BCUT2D eigenvalue weighted by Gasteiger charge is 2.12. The Morgan fingerprint density at radius 3 is 2.57 bits per heavy atom. The van der Waals surface area contributed by atoms with Crippen LogP contribution in [0.2, 0.25) is 5.02 Å². The Kier molecular flexibility index (Phi) is 10.0. The van der Waals surface area contributed by atoms with Crippen molar-refractivity contribution >= 4 is 27.5 Å². The largest absolute Gasteiger partial charge is 0.493 e. The van der Waals surface area contributed by atoms with E-state index in [0.717, 1.165) is 29.5 Å². The highest BCUT2D eigenvalue weighted by Crippen LogP contribution is 2.34. The van der Waals surface area contributed by atoms with Gasteiger partial charge in [-0.1, -0.05) is 33.6 Å².